The van der Waals surface area contributed by atoms with Gasteiger partial charge in [-0.05, 0) is 19.1 Å². The second kappa shape index (κ2) is 4.86. The molecule has 0 saturated heterocycles. The molecule has 0 N–H and O–H groups in total. The van der Waals surface area contributed by atoms with Crippen molar-refractivity contribution in [3.8, 4) is 9.75 Å². The standard InChI is InChI=1S/C10H6N2O5S2/c1-5(13)7-2-3-8(18-7)10-6(11(14)15)4-9(19-10)12(16)17/h2-4H,1H3. The van der Waals surface area contributed by atoms with Crippen LogP contribution in [0.25, 0.3) is 9.75 Å². The molecule has 9 heteroatoms. The van der Waals surface area contributed by atoms with Gasteiger partial charge in [0.05, 0.1) is 19.6 Å². The van der Waals surface area contributed by atoms with E-state index >= 15 is 0 Å². The van der Waals surface area contributed by atoms with Crippen molar-refractivity contribution >= 4 is 39.1 Å². The smallest absolute Gasteiger partial charge is 0.294 e. The topological polar surface area (TPSA) is 103 Å². The van der Waals surface area contributed by atoms with E-state index in [1.807, 2.05) is 0 Å². The van der Waals surface area contributed by atoms with Gasteiger partial charge in [-0.15, -0.1) is 11.3 Å². The predicted molar refractivity (Wildman–Crippen MR) is 70.9 cm³/mol. The highest BCUT2D eigenvalue weighted by Crippen LogP contribution is 2.44. The molecule has 0 spiro atoms. The Balaban J connectivity index is 2.56. The van der Waals surface area contributed by atoms with E-state index in [0.29, 0.717) is 9.75 Å². The first-order valence-corrected chi connectivity index (χ1v) is 6.57. The molecular weight excluding hydrogens is 292 g/mol. The zero-order valence-corrected chi connectivity index (χ0v) is 11.1. The van der Waals surface area contributed by atoms with Gasteiger partial charge in [-0.3, -0.25) is 25.0 Å². The van der Waals surface area contributed by atoms with E-state index in [9.17, 15) is 25.0 Å². The Morgan fingerprint density at radius 2 is 1.84 bits per heavy atom. The van der Waals surface area contributed by atoms with Gasteiger partial charge in [0.1, 0.15) is 10.9 Å². The zero-order chi connectivity index (χ0) is 14.2. The van der Waals surface area contributed by atoms with Crippen LogP contribution in [-0.4, -0.2) is 15.6 Å². The van der Waals surface area contributed by atoms with Gasteiger partial charge >= 0.3 is 5.00 Å². The molecule has 0 aliphatic carbocycles. The van der Waals surface area contributed by atoms with Crippen LogP contribution in [0.15, 0.2) is 18.2 Å². The number of carbonyl (C=O) groups is 1. The van der Waals surface area contributed by atoms with Gasteiger partial charge in [0, 0.05) is 0 Å². The molecule has 0 unspecified atom stereocenters. The molecule has 98 valence electrons. The van der Waals surface area contributed by atoms with Crippen molar-refractivity contribution in [2.45, 2.75) is 6.92 Å². The summed E-state index contributed by atoms with van der Waals surface area (Å²) in [6.07, 6.45) is 0. The first-order chi connectivity index (χ1) is 8.90. The fourth-order valence-corrected chi connectivity index (χ4v) is 3.38. The summed E-state index contributed by atoms with van der Waals surface area (Å²) in [7, 11) is 0. The lowest BCUT2D eigenvalue weighted by Gasteiger charge is -1.91. The highest BCUT2D eigenvalue weighted by Gasteiger charge is 2.27. The monoisotopic (exact) mass is 298 g/mol. The molecule has 0 aliphatic rings. The second-order valence-corrected chi connectivity index (χ2v) is 5.65. The van der Waals surface area contributed by atoms with Crippen LogP contribution in [-0.2, 0) is 0 Å². The highest BCUT2D eigenvalue weighted by molar-refractivity contribution is 7.25. The van der Waals surface area contributed by atoms with Crippen LogP contribution in [0.3, 0.4) is 0 Å². The fourth-order valence-electron chi connectivity index (χ4n) is 1.42. The molecule has 0 aliphatic heterocycles. The highest BCUT2D eigenvalue weighted by atomic mass is 32.1. The number of Topliss-reactive ketones (excluding diaryl/α,β-unsaturated/α-hetero) is 1. The lowest BCUT2D eigenvalue weighted by molar-refractivity contribution is -0.389. The van der Waals surface area contributed by atoms with Crippen LogP contribution in [0, 0.1) is 20.2 Å². The van der Waals surface area contributed by atoms with E-state index < -0.39 is 9.85 Å². The van der Waals surface area contributed by atoms with Gasteiger partial charge < -0.3 is 0 Å². The van der Waals surface area contributed by atoms with Gasteiger partial charge in [0.15, 0.2) is 5.78 Å². The third-order valence-electron chi connectivity index (χ3n) is 2.25. The average Bonchev–Trinajstić information content (AvgIpc) is 2.95. The fraction of sp³-hybridized carbons (Fsp3) is 0.100. The van der Waals surface area contributed by atoms with Gasteiger partial charge in [0.2, 0.25) is 0 Å². The third kappa shape index (κ3) is 2.51. The number of hydrogen-bond donors (Lipinski definition) is 0. The summed E-state index contributed by atoms with van der Waals surface area (Å²) in [5.74, 6) is -0.148. The molecule has 0 fully saturated rings. The molecule has 2 heterocycles. The molecule has 7 nitrogen and oxygen atoms in total. The largest absolute Gasteiger partial charge is 0.331 e. The minimum Gasteiger partial charge on any atom is -0.294 e. The van der Waals surface area contributed by atoms with Crippen molar-refractivity contribution in [2.24, 2.45) is 0 Å². The van der Waals surface area contributed by atoms with Crippen LogP contribution in [0.1, 0.15) is 16.6 Å². The summed E-state index contributed by atoms with van der Waals surface area (Å²) in [6.45, 7) is 1.39. The number of nitrogens with zero attached hydrogens (tertiary/aromatic N) is 2. The first kappa shape index (κ1) is 13.3. The molecule has 2 rings (SSSR count). The van der Waals surface area contributed by atoms with E-state index in [0.717, 1.165) is 28.7 Å². The Labute approximate surface area is 114 Å². The van der Waals surface area contributed by atoms with Gasteiger partial charge in [0.25, 0.3) is 5.69 Å². The molecule has 0 saturated carbocycles. The molecule has 0 radical (unpaired) electrons. The van der Waals surface area contributed by atoms with Crippen molar-refractivity contribution in [1.82, 2.24) is 0 Å². The number of hydrogen-bond acceptors (Lipinski definition) is 7. The van der Waals surface area contributed by atoms with E-state index in [1.165, 1.54) is 6.92 Å². The van der Waals surface area contributed by atoms with Gasteiger partial charge in [-0.25, -0.2) is 0 Å². The molecule has 0 bridgehead atoms. The Kier molecular flexibility index (Phi) is 3.40. The van der Waals surface area contributed by atoms with Crippen molar-refractivity contribution in [1.29, 1.82) is 0 Å². The lowest BCUT2D eigenvalue weighted by Crippen LogP contribution is -1.86. The van der Waals surface area contributed by atoms with Crippen molar-refractivity contribution < 1.29 is 14.6 Å². The molecule has 0 aromatic carbocycles. The van der Waals surface area contributed by atoms with E-state index in [2.05, 4.69) is 0 Å². The Morgan fingerprint density at radius 1 is 1.16 bits per heavy atom. The Bertz CT molecular complexity index is 688. The summed E-state index contributed by atoms with van der Waals surface area (Å²) in [6, 6.07) is 4.05. The Hall–Kier alpha value is -2.13. The summed E-state index contributed by atoms with van der Waals surface area (Å²) >= 11 is 1.82. The molecule has 2 aromatic heterocycles. The average molecular weight is 298 g/mol. The van der Waals surface area contributed by atoms with E-state index in [-0.39, 0.29) is 21.3 Å². The maximum absolute atomic E-state index is 11.2. The SMILES string of the molecule is CC(=O)c1ccc(-c2sc([N+](=O)[O-])cc2[N+](=O)[O-])s1. The Morgan fingerprint density at radius 3 is 2.32 bits per heavy atom. The number of carbonyl (C=O) groups excluding carboxylic acids is 1. The van der Waals surface area contributed by atoms with Crippen LogP contribution in [0.4, 0.5) is 10.7 Å². The molecule has 19 heavy (non-hydrogen) atoms. The summed E-state index contributed by atoms with van der Waals surface area (Å²) in [5, 5.41) is 21.3. The number of ketones is 1. The number of thiophene rings is 2. The zero-order valence-electron chi connectivity index (χ0n) is 9.48. The van der Waals surface area contributed by atoms with Crippen LogP contribution in [0.2, 0.25) is 0 Å². The van der Waals surface area contributed by atoms with Crippen molar-refractivity contribution in [3.63, 3.8) is 0 Å². The van der Waals surface area contributed by atoms with Gasteiger partial charge in [-0.2, -0.15) is 0 Å². The van der Waals surface area contributed by atoms with Crippen LogP contribution in [0.5, 0.6) is 0 Å². The minimum absolute atomic E-state index is 0.148. The number of nitro groups is 2. The molecule has 0 atom stereocenters. The van der Waals surface area contributed by atoms with Gasteiger partial charge in [-0.1, -0.05) is 11.3 Å². The lowest BCUT2D eigenvalue weighted by atomic mass is 10.3. The number of rotatable bonds is 4. The maximum atomic E-state index is 11.2. The van der Waals surface area contributed by atoms with Crippen LogP contribution < -0.4 is 0 Å². The quantitative estimate of drug-likeness (QED) is 0.488. The van der Waals surface area contributed by atoms with Crippen LogP contribution >= 0.6 is 22.7 Å². The molecule has 2 aromatic rings. The molecular formula is C10H6N2O5S2. The first-order valence-electron chi connectivity index (χ1n) is 4.94. The summed E-state index contributed by atoms with van der Waals surface area (Å²) < 4.78 is 0. The summed E-state index contributed by atoms with van der Waals surface area (Å²) in [4.78, 5) is 32.6. The normalized spacial score (nSPS) is 10.4. The minimum atomic E-state index is -0.666. The van der Waals surface area contributed by atoms with Crippen molar-refractivity contribution in [2.75, 3.05) is 0 Å². The third-order valence-corrected chi connectivity index (χ3v) is 4.69. The predicted octanol–water partition coefficient (Wildman–Crippen LogP) is 3.50. The molecule has 0 amide bonds. The maximum Gasteiger partial charge on any atom is 0.331 e. The van der Waals surface area contributed by atoms with E-state index in [4.69, 9.17) is 0 Å². The second-order valence-electron chi connectivity index (χ2n) is 3.53. The van der Waals surface area contributed by atoms with E-state index in [1.54, 1.807) is 12.1 Å². The summed E-state index contributed by atoms with van der Waals surface area (Å²) in [5.41, 5.74) is -0.311. The van der Waals surface area contributed by atoms with Crippen molar-refractivity contribution in [3.05, 3.63) is 43.3 Å².